The molecule has 2 aromatic rings. The van der Waals surface area contributed by atoms with Gasteiger partial charge in [0, 0.05) is 22.8 Å². The van der Waals surface area contributed by atoms with E-state index < -0.39 is 17.5 Å². The standard InChI is InChI=1S/C24H25NO6/c1-14(24(29)30)9-5-3-2-4-8-12-31-18-13-17(26)19-20(21(18)25)23(28)16-11-7-6-10-15(16)22(19)27/h6-7,9-11,13,26H,2-5,8,12,25H2,1H3,(H,29,30). The van der Waals surface area contributed by atoms with Gasteiger partial charge in [-0.05, 0) is 26.2 Å². The maximum atomic E-state index is 12.9. The van der Waals surface area contributed by atoms with Crippen LogP contribution in [0.4, 0.5) is 5.69 Å². The second-order valence-corrected chi connectivity index (χ2v) is 7.50. The van der Waals surface area contributed by atoms with Crippen molar-refractivity contribution in [1.29, 1.82) is 0 Å². The van der Waals surface area contributed by atoms with Crippen molar-refractivity contribution < 1.29 is 29.3 Å². The van der Waals surface area contributed by atoms with Crippen molar-refractivity contribution in [2.45, 2.75) is 39.0 Å². The molecule has 7 nitrogen and oxygen atoms in total. The first-order chi connectivity index (χ1) is 14.8. The van der Waals surface area contributed by atoms with Gasteiger partial charge in [0.2, 0.25) is 0 Å². The highest BCUT2D eigenvalue weighted by Gasteiger charge is 2.35. The molecule has 0 atom stereocenters. The third-order valence-corrected chi connectivity index (χ3v) is 5.32. The molecule has 7 heteroatoms. The summed E-state index contributed by atoms with van der Waals surface area (Å²) in [5.41, 5.74) is 6.96. The molecule has 4 N–H and O–H groups in total. The Morgan fingerprint density at radius 3 is 2.29 bits per heavy atom. The smallest absolute Gasteiger partial charge is 0.330 e. The van der Waals surface area contributed by atoms with E-state index in [0.717, 1.165) is 25.7 Å². The number of ether oxygens (including phenoxy) is 1. The lowest BCUT2D eigenvalue weighted by Gasteiger charge is -2.21. The van der Waals surface area contributed by atoms with E-state index in [-0.39, 0.29) is 39.4 Å². The van der Waals surface area contributed by atoms with Gasteiger partial charge in [0.25, 0.3) is 0 Å². The van der Waals surface area contributed by atoms with Gasteiger partial charge >= 0.3 is 5.97 Å². The van der Waals surface area contributed by atoms with E-state index in [2.05, 4.69) is 0 Å². The Morgan fingerprint density at radius 2 is 1.65 bits per heavy atom. The molecule has 1 aliphatic rings. The fourth-order valence-corrected chi connectivity index (χ4v) is 3.58. The van der Waals surface area contributed by atoms with Crippen molar-refractivity contribution in [3.05, 3.63) is 64.2 Å². The van der Waals surface area contributed by atoms with Crippen LogP contribution >= 0.6 is 0 Å². The molecular formula is C24H25NO6. The van der Waals surface area contributed by atoms with Crippen LogP contribution in [0.5, 0.6) is 11.5 Å². The van der Waals surface area contributed by atoms with Crippen LogP contribution in [0.2, 0.25) is 0 Å². The summed E-state index contributed by atoms with van der Waals surface area (Å²) in [5.74, 6) is -1.89. The van der Waals surface area contributed by atoms with Crippen LogP contribution < -0.4 is 10.5 Å². The number of phenolic OH excluding ortho intramolecular Hbond substituents is 1. The fourth-order valence-electron chi connectivity index (χ4n) is 3.58. The lowest BCUT2D eigenvalue weighted by molar-refractivity contribution is -0.132. The minimum absolute atomic E-state index is 0.0145. The Kier molecular flexibility index (Phi) is 6.74. The summed E-state index contributed by atoms with van der Waals surface area (Å²) in [4.78, 5) is 36.4. The predicted octanol–water partition coefficient (Wildman–Crippen LogP) is 4.11. The van der Waals surface area contributed by atoms with Gasteiger partial charge in [-0.15, -0.1) is 0 Å². The quantitative estimate of drug-likeness (QED) is 0.204. The second-order valence-electron chi connectivity index (χ2n) is 7.50. The topological polar surface area (TPSA) is 127 Å². The van der Waals surface area contributed by atoms with Crippen LogP contribution in [-0.2, 0) is 4.79 Å². The van der Waals surface area contributed by atoms with Crippen molar-refractivity contribution in [3.63, 3.8) is 0 Å². The lowest BCUT2D eigenvalue weighted by atomic mass is 9.82. The maximum absolute atomic E-state index is 12.9. The number of anilines is 1. The summed E-state index contributed by atoms with van der Waals surface area (Å²) >= 11 is 0. The number of hydrogen-bond donors (Lipinski definition) is 3. The zero-order chi connectivity index (χ0) is 22.5. The molecule has 3 rings (SSSR count). The number of carboxylic acids is 1. The summed E-state index contributed by atoms with van der Waals surface area (Å²) in [7, 11) is 0. The van der Waals surface area contributed by atoms with E-state index in [4.69, 9.17) is 15.6 Å². The number of ketones is 2. The van der Waals surface area contributed by atoms with Gasteiger partial charge in [-0.1, -0.05) is 43.2 Å². The SMILES string of the molecule is CC(=CCCCCCCOc1cc(O)c2c(c1N)C(=O)c1ccccc1C2=O)C(=O)O. The van der Waals surface area contributed by atoms with Crippen LogP contribution in [0.25, 0.3) is 0 Å². The number of carboxylic acid groups (broad SMARTS) is 1. The normalized spacial score (nSPS) is 13.0. The van der Waals surface area contributed by atoms with Crippen LogP contribution in [0.3, 0.4) is 0 Å². The van der Waals surface area contributed by atoms with Crippen LogP contribution in [0, 0.1) is 0 Å². The van der Waals surface area contributed by atoms with E-state index in [9.17, 15) is 19.5 Å². The highest BCUT2D eigenvalue weighted by atomic mass is 16.5. The summed E-state index contributed by atoms with van der Waals surface area (Å²) in [6, 6.07) is 7.74. The number of benzene rings is 2. The molecule has 31 heavy (non-hydrogen) atoms. The minimum atomic E-state index is -0.900. The molecule has 0 fully saturated rings. The molecule has 0 amide bonds. The van der Waals surface area contributed by atoms with Gasteiger partial charge in [-0.25, -0.2) is 4.79 Å². The molecular weight excluding hydrogens is 398 g/mol. The second kappa shape index (κ2) is 9.47. The first-order valence-electron chi connectivity index (χ1n) is 10.2. The summed E-state index contributed by atoms with van der Waals surface area (Å²) in [5, 5.41) is 19.2. The van der Waals surface area contributed by atoms with E-state index in [1.54, 1.807) is 37.3 Å². The zero-order valence-corrected chi connectivity index (χ0v) is 17.3. The Labute approximate surface area is 180 Å². The van der Waals surface area contributed by atoms with Crippen LogP contribution in [0.15, 0.2) is 42.0 Å². The number of hydrogen-bond acceptors (Lipinski definition) is 6. The first-order valence-corrected chi connectivity index (χ1v) is 10.2. The molecule has 0 spiro atoms. The summed E-state index contributed by atoms with van der Waals surface area (Å²) < 4.78 is 5.69. The molecule has 1 aliphatic carbocycles. The summed E-state index contributed by atoms with van der Waals surface area (Å²) in [6.07, 6.45) is 5.83. The molecule has 2 aromatic carbocycles. The van der Waals surface area contributed by atoms with E-state index in [1.165, 1.54) is 6.07 Å². The van der Waals surface area contributed by atoms with E-state index >= 15 is 0 Å². The van der Waals surface area contributed by atoms with Crippen molar-refractivity contribution >= 4 is 23.2 Å². The van der Waals surface area contributed by atoms with E-state index in [0.29, 0.717) is 18.6 Å². The zero-order valence-electron chi connectivity index (χ0n) is 17.3. The number of carbonyl (C=O) groups is 3. The number of phenols is 1. The first kappa shape index (κ1) is 22.1. The molecule has 0 aromatic heterocycles. The monoisotopic (exact) mass is 423 g/mol. The van der Waals surface area contributed by atoms with Gasteiger partial charge in [-0.2, -0.15) is 0 Å². The highest BCUT2D eigenvalue weighted by molar-refractivity contribution is 6.31. The van der Waals surface area contributed by atoms with Gasteiger partial charge in [0.1, 0.15) is 11.5 Å². The molecule has 0 heterocycles. The van der Waals surface area contributed by atoms with Crippen molar-refractivity contribution in [1.82, 2.24) is 0 Å². The number of carbonyl (C=O) groups excluding carboxylic acids is 2. The summed E-state index contributed by atoms with van der Waals surface area (Å²) in [6.45, 7) is 1.91. The molecule has 0 saturated heterocycles. The molecule has 162 valence electrons. The number of unbranched alkanes of at least 4 members (excludes halogenated alkanes) is 4. The van der Waals surface area contributed by atoms with Crippen molar-refractivity contribution in [3.8, 4) is 11.5 Å². The Hall–Kier alpha value is -3.61. The average molecular weight is 423 g/mol. The number of nitrogens with two attached hydrogens (primary N) is 1. The van der Waals surface area contributed by atoms with Gasteiger partial charge < -0.3 is 20.7 Å². The number of nitrogen functional groups attached to an aromatic ring is 1. The molecule has 0 aliphatic heterocycles. The Bertz CT molecular complexity index is 1070. The Balaban J connectivity index is 1.61. The van der Waals surface area contributed by atoms with Gasteiger partial charge in [-0.3, -0.25) is 9.59 Å². The van der Waals surface area contributed by atoms with Crippen molar-refractivity contribution in [2.75, 3.05) is 12.3 Å². The predicted molar refractivity (Wildman–Crippen MR) is 116 cm³/mol. The minimum Gasteiger partial charge on any atom is -0.507 e. The number of fused-ring (bicyclic) bond motifs is 2. The maximum Gasteiger partial charge on any atom is 0.330 e. The largest absolute Gasteiger partial charge is 0.507 e. The number of aliphatic carboxylic acids is 1. The van der Waals surface area contributed by atoms with Crippen LogP contribution in [0.1, 0.15) is 70.9 Å². The lowest BCUT2D eigenvalue weighted by Crippen LogP contribution is -2.23. The molecule has 0 radical (unpaired) electrons. The van der Waals surface area contributed by atoms with Gasteiger partial charge in [0.05, 0.1) is 23.4 Å². The van der Waals surface area contributed by atoms with E-state index in [1.807, 2.05) is 0 Å². The fraction of sp³-hybridized carbons (Fsp3) is 0.292. The molecule has 0 unspecified atom stereocenters. The number of rotatable bonds is 9. The highest BCUT2D eigenvalue weighted by Crippen LogP contribution is 2.41. The molecule has 0 bridgehead atoms. The van der Waals surface area contributed by atoms with Gasteiger partial charge in [0.15, 0.2) is 11.6 Å². The third-order valence-electron chi connectivity index (χ3n) is 5.32. The third kappa shape index (κ3) is 4.60. The average Bonchev–Trinajstić information content (AvgIpc) is 2.75. The molecule has 0 saturated carbocycles. The number of allylic oxidation sites excluding steroid dienone is 1. The van der Waals surface area contributed by atoms with Crippen LogP contribution in [-0.4, -0.2) is 34.4 Å². The Morgan fingerprint density at radius 1 is 1.03 bits per heavy atom. The number of aromatic hydroxyl groups is 1. The van der Waals surface area contributed by atoms with Crippen molar-refractivity contribution in [2.24, 2.45) is 0 Å².